The highest BCUT2D eigenvalue weighted by molar-refractivity contribution is 5.35. The molecule has 2 atom stereocenters. The fraction of sp³-hybridized carbons (Fsp3) is 0.600. The first-order chi connectivity index (χ1) is 8.27. The minimum Gasteiger partial charge on any atom is -0.314 e. The number of nitrogens with zero attached hydrogens (tertiary/aromatic N) is 1. The number of nitrogens with one attached hydrogen (secondary N) is 1. The Morgan fingerprint density at radius 3 is 2.47 bits per heavy atom. The molecule has 1 N–H and O–H groups in total. The minimum absolute atomic E-state index is 0.634. The van der Waals surface area contributed by atoms with Gasteiger partial charge in [-0.25, -0.2) is 0 Å². The third-order valence-electron chi connectivity index (χ3n) is 4.59. The highest BCUT2D eigenvalue weighted by atomic mass is 15.2. The van der Waals surface area contributed by atoms with Crippen LogP contribution in [-0.4, -0.2) is 31.1 Å². The van der Waals surface area contributed by atoms with E-state index in [1.807, 2.05) is 0 Å². The molecule has 0 saturated carbocycles. The van der Waals surface area contributed by atoms with Gasteiger partial charge in [-0.15, -0.1) is 0 Å². The zero-order chi connectivity index (χ0) is 11.8. The Bertz CT molecular complexity index is 398. The maximum atomic E-state index is 3.37. The molecule has 17 heavy (non-hydrogen) atoms. The Hall–Kier alpha value is -0.860. The molecule has 1 saturated heterocycles. The first-order valence-electron chi connectivity index (χ1n) is 6.79. The lowest BCUT2D eigenvalue weighted by molar-refractivity contribution is 0.113. The fourth-order valence-electron chi connectivity index (χ4n) is 3.22. The van der Waals surface area contributed by atoms with Gasteiger partial charge in [0.2, 0.25) is 0 Å². The molecule has 3 rings (SSSR count). The smallest absolute Gasteiger partial charge is 0.0352 e. The van der Waals surface area contributed by atoms with Gasteiger partial charge in [-0.3, -0.25) is 4.90 Å². The maximum Gasteiger partial charge on any atom is 0.0352 e. The monoisotopic (exact) mass is 230 g/mol. The predicted octanol–water partition coefficient (Wildman–Crippen LogP) is 2.53. The van der Waals surface area contributed by atoms with Crippen molar-refractivity contribution in [2.75, 3.05) is 20.1 Å². The van der Waals surface area contributed by atoms with E-state index in [9.17, 15) is 0 Å². The molecule has 1 aromatic carbocycles. The fourth-order valence-corrected chi connectivity index (χ4v) is 3.22. The maximum absolute atomic E-state index is 3.37. The molecule has 2 heteroatoms. The second kappa shape index (κ2) is 4.43. The minimum atomic E-state index is 0.634. The van der Waals surface area contributed by atoms with Crippen molar-refractivity contribution in [3.8, 4) is 0 Å². The normalized spacial score (nSPS) is 28.9. The van der Waals surface area contributed by atoms with Crippen LogP contribution >= 0.6 is 0 Å². The van der Waals surface area contributed by atoms with E-state index in [1.54, 1.807) is 11.1 Å². The molecule has 0 amide bonds. The molecule has 0 spiro atoms. The molecule has 1 aliphatic carbocycles. The van der Waals surface area contributed by atoms with Crippen LogP contribution in [-0.2, 0) is 0 Å². The summed E-state index contributed by atoms with van der Waals surface area (Å²) in [5.74, 6) is 0.732. The third kappa shape index (κ3) is 1.90. The average molecular weight is 230 g/mol. The molecule has 1 aliphatic heterocycles. The van der Waals surface area contributed by atoms with Crippen LogP contribution in [0.2, 0.25) is 0 Å². The van der Waals surface area contributed by atoms with Gasteiger partial charge in [0, 0.05) is 25.2 Å². The van der Waals surface area contributed by atoms with Crippen molar-refractivity contribution in [2.45, 2.75) is 37.8 Å². The van der Waals surface area contributed by atoms with Crippen LogP contribution in [0.4, 0.5) is 0 Å². The molecule has 2 nitrogen and oxygen atoms in total. The third-order valence-corrected chi connectivity index (χ3v) is 4.59. The van der Waals surface area contributed by atoms with Crippen LogP contribution in [0.1, 0.15) is 42.9 Å². The Kier molecular flexibility index (Phi) is 2.93. The van der Waals surface area contributed by atoms with E-state index < -0.39 is 0 Å². The molecule has 2 aliphatic rings. The summed E-state index contributed by atoms with van der Waals surface area (Å²) in [4.78, 5) is 2.58. The average Bonchev–Trinajstić information content (AvgIpc) is 2.27. The van der Waals surface area contributed by atoms with Gasteiger partial charge in [0.15, 0.2) is 0 Å². The molecule has 1 fully saturated rings. The van der Waals surface area contributed by atoms with Crippen LogP contribution in [0.25, 0.3) is 0 Å². The molecule has 0 bridgehead atoms. The standard InChI is InChI=1S/C15H22N2/c1-11-7-8-15(17(2)12-9-16-10-12)14-6-4-3-5-13(11)14/h3-6,11-12,15-16H,7-10H2,1-2H3. The Morgan fingerprint density at radius 1 is 1.12 bits per heavy atom. The van der Waals surface area contributed by atoms with Crippen molar-refractivity contribution >= 4 is 0 Å². The van der Waals surface area contributed by atoms with Crippen molar-refractivity contribution in [1.29, 1.82) is 0 Å². The summed E-state index contributed by atoms with van der Waals surface area (Å²) in [5, 5.41) is 3.37. The van der Waals surface area contributed by atoms with Gasteiger partial charge in [-0.2, -0.15) is 0 Å². The van der Waals surface area contributed by atoms with Gasteiger partial charge in [0.05, 0.1) is 0 Å². The molecular formula is C15H22N2. The number of likely N-dealkylation sites (N-methyl/N-ethyl adjacent to an activating group) is 1. The van der Waals surface area contributed by atoms with Crippen LogP contribution in [0.3, 0.4) is 0 Å². The lowest BCUT2D eigenvalue weighted by Gasteiger charge is -2.43. The van der Waals surface area contributed by atoms with E-state index in [1.165, 1.54) is 12.8 Å². The summed E-state index contributed by atoms with van der Waals surface area (Å²) in [6, 6.07) is 10.4. The summed E-state index contributed by atoms with van der Waals surface area (Å²) in [7, 11) is 2.29. The van der Waals surface area contributed by atoms with Crippen molar-refractivity contribution in [3.05, 3.63) is 35.4 Å². The molecule has 92 valence electrons. The molecule has 0 radical (unpaired) electrons. The van der Waals surface area contributed by atoms with Gasteiger partial charge >= 0.3 is 0 Å². The highest BCUT2D eigenvalue weighted by Crippen LogP contribution is 2.40. The van der Waals surface area contributed by atoms with Gasteiger partial charge in [0.25, 0.3) is 0 Å². The molecule has 2 unspecified atom stereocenters. The van der Waals surface area contributed by atoms with Crippen molar-refractivity contribution in [2.24, 2.45) is 0 Å². The van der Waals surface area contributed by atoms with Crippen LogP contribution in [0.15, 0.2) is 24.3 Å². The van der Waals surface area contributed by atoms with Gasteiger partial charge in [0.1, 0.15) is 0 Å². The molecule has 1 heterocycles. The summed E-state index contributed by atoms with van der Waals surface area (Å²) < 4.78 is 0. The Balaban J connectivity index is 1.89. The number of fused-ring (bicyclic) bond motifs is 1. The number of hydrogen-bond acceptors (Lipinski definition) is 2. The van der Waals surface area contributed by atoms with Gasteiger partial charge < -0.3 is 5.32 Å². The number of hydrogen-bond donors (Lipinski definition) is 1. The number of benzene rings is 1. The van der Waals surface area contributed by atoms with Crippen LogP contribution in [0.5, 0.6) is 0 Å². The van der Waals surface area contributed by atoms with Crippen LogP contribution in [0, 0.1) is 0 Å². The Labute approximate surface area is 104 Å². The zero-order valence-corrected chi connectivity index (χ0v) is 10.8. The van der Waals surface area contributed by atoms with E-state index in [0.29, 0.717) is 6.04 Å². The molecule has 1 aromatic rings. The largest absolute Gasteiger partial charge is 0.314 e. The zero-order valence-electron chi connectivity index (χ0n) is 10.8. The second-order valence-electron chi connectivity index (χ2n) is 5.60. The summed E-state index contributed by atoms with van der Waals surface area (Å²) in [6.45, 7) is 4.68. The van der Waals surface area contributed by atoms with E-state index in [0.717, 1.165) is 25.0 Å². The van der Waals surface area contributed by atoms with Crippen LogP contribution < -0.4 is 5.32 Å². The first-order valence-corrected chi connectivity index (χ1v) is 6.79. The van der Waals surface area contributed by atoms with E-state index in [4.69, 9.17) is 0 Å². The lowest BCUT2D eigenvalue weighted by Crippen LogP contribution is -2.56. The highest BCUT2D eigenvalue weighted by Gasteiger charge is 2.32. The SMILES string of the molecule is CC1CCC(N(C)C2CNC2)c2ccccc21. The van der Waals surface area contributed by atoms with E-state index in [2.05, 4.69) is 48.5 Å². The first kappa shape index (κ1) is 11.2. The number of rotatable bonds is 2. The van der Waals surface area contributed by atoms with Gasteiger partial charge in [-0.05, 0) is 36.9 Å². The van der Waals surface area contributed by atoms with E-state index in [-0.39, 0.29) is 0 Å². The Morgan fingerprint density at radius 2 is 1.82 bits per heavy atom. The summed E-state index contributed by atoms with van der Waals surface area (Å²) in [5.41, 5.74) is 3.14. The topological polar surface area (TPSA) is 15.3 Å². The van der Waals surface area contributed by atoms with Crippen molar-refractivity contribution in [3.63, 3.8) is 0 Å². The van der Waals surface area contributed by atoms with Crippen molar-refractivity contribution in [1.82, 2.24) is 10.2 Å². The second-order valence-corrected chi connectivity index (χ2v) is 5.60. The van der Waals surface area contributed by atoms with Crippen molar-refractivity contribution < 1.29 is 0 Å². The summed E-state index contributed by atoms with van der Waals surface area (Å²) in [6.07, 6.45) is 2.64. The van der Waals surface area contributed by atoms with E-state index >= 15 is 0 Å². The molecule has 0 aromatic heterocycles. The quantitative estimate of drug-likeness (QED) is 0.840. The predicted molar refractivity (Wildman–Crippen MR) is 71.3 cm³/mol. The summed E-state index contributed by atoms with van der Waals surface area (Å²) >= 11 is 0. The van der Waals surface area contributed by atoms with Gasteiger partial charge in [-0.1, -0.05) is 31.2 Å². The lowest BCUT2D eigenvalue weighted by atomic mass is 9.80. The molecular weight excluding hydrogens is 208 g/mol.